The van der Waals surface area contributed by atoms with Gasteiger partial charge in [-0.2, -0.15) is 0 Å². The van der Waals surface area contributed by atoms with Gasteiger partial charge in [0, 0.05) is 19.0 Å². The number of hydrogen-bond acceptors (Lipinski definition) is 4. The Labute approximate surface area is 124 Å². The molecule has 0 aliphatic carbocycles. The highest BCUT2D eigenvalue weighted by molar-refractivity contribution is 6.32. The van der Waals surface area contributed by atoms with E-state index in [2.05, 4.69) is 5.32 Å². The molecule has 1 amide bonds. The zero-order valence-electron chi connectivity index (χ0n) is 12.0. The van der Waals surface area contributed by atoms with E-state index in [0.29, 0.717) is 36.2 Å². The minimum atomic E-state index is -0.213. The molecule has 0 radical (unpaired) electrons. The molecule has 0 saturated heterocycles. The van der Waals surface area contributed by atoms with Crippen molar-refractivity contribution in [2.75, 3.05) is 20.3 Å². The van der Waals surface area contributed by atoms with Crippen LogP contribution in [0.5, 0.6) is 11.5 Å². The van der Waals surface area contributed by atoms with Crippen LogP contribution in [-0.2, 0) is 11.3 Å². The zero-order valence-corrected chi connectivity index (χ0v) is 12.8. The van der Waals surface area contributed by atoms with Gasteiger partial charge in [0.2, 0.25) is 5.91 Å². The molecule has 1 unspecified atom stereocenters. The smallest absolute Gasteiger partial charge is 0.224 e. The lowest BCUT2D eigenvalue weighted by Gasteiger charge is -2.14. The fourth-order valence-electron chi connectivity index (χ4n) is 1.63. The van der Waals surface area contributed by atoms with Crippen LogP contribution in [0.3, 0.4) is 0 Å². The largest absolute Gasteiger partial charge is 0.493 e. The normalized spacial score (nSPS) is 11.8. The lowest BCUT2D eigenvalue weighted by molar-refractivity contribution is -0.124. The van der Waals surface area contributed by atoms with Crippen molar-refractivity contribution >= 4 is 17.5 Å². The summed E-state index contributed by atoms with van der Waals surface area (Å²) in [6.45, 7) is 4.84. The minimum Gasteiger partial charge on any atom is -0.493 e. The molecule has 0 aliphatic heterocycles. The number of nitrogens with one attached hydrogen (secondary N) is 1. The maximum Gasteiger partial charge on any atom is 0.224 e. The van der Waals surface area contributed by atoms with Crippen LogP contribution in [0.4, 0.5) is 0 Å². The molecule has 0 bridgehead atoms. The lowest BCUT2D eigenvalue weighted by Crippen LogP contribution is -2.32. The first kappa shape index (κ1) is 16.6. The molecule has 0 saturated carbocycles. The molecule has 0 aliphatic rings. The summed E-state index contributed by atoms with van der Waals surface area (Å²) in [5.74, 6) is 0.768. The van der Waals surface area contributed by atoms with E-state index in [4.69, 9.17) is 26.8 Å². The van der Waals surface area contributed by atoms with Gasteiger partial charge in [-0.15, -0.1) is 0 Å². The Morgan fingerprint density at radius 2 is 2.20 bits per heavy atom. The van der Waals surface area contributed by atoms with Crippen molar-refractivity contribution in [2.24, 2.45) is 11.7 Å². The van der Waals surface area contributed by atoms with Gasteiger partial charge in [0.15, 0.2) is 11.5 Å². The number of ether oxygens (including phenoxy) is 2. The fraction of sp³-hybridized carbons (Fsp3) is 0.500. The van der Waals surface area contributed by atoms with E-state index >= 15 is 0 Å². The quantitative estimate of drug-likeness (QED) is 0.807. The summed E-state index contributed by atoms with van der Waals surface area (Å²) in [5.41, 5.74) is 6.29. The molecule has 1 aromatic carbocycles. The number of carbonyl (C=O) groups is 1. The molecule has 5 nitrogen and oxygen atoms in total. The van der Waals surface area contributed by atoms with Crippen LogP contribution < -0.4 is 20.5 Å². The topological polar surface area (TPSA) is 73.6 Å². The average molecular weight is 301 g/mol. The monoisotopic (exact) mass is 300 g/mol. The van der Waals surface area contributed by atoms with Crippen molar-refractivity contribution in [3.63, 3.8) is 0 Å². The fourth-order valence-corrected chi connectivity index (χ4v) is 1.92. The first-order valence-electron chi connectivity index (χ1n) is 6.50. The average Bonchev–Trinajstić information content (AvgIpc) is 2.46. The number of methoxy groups -OCH3 is 1. The van der Waals surface area contributed by atoms with Crippen LogP contribution in [-0.4, -0.2) is 26.2 Å². The molecule has 0 spiro atoms. The van der Waals surface area contributed by atoms with Crippen molar-refractivity contribution in [2.45, 2.75) is 20.4 Å². The molecule has 112 valence electrons. The van der Waals surface area contributed by atoms with E-state index in [9.17, 15) is 4.79 Å². The number of hydrogen-bond donors (Lipinski definition) is 2. The number of halogens is 1. The summed E-state index contributed by atoms with van der Waals surface area (Å²) in [4.78, 5) is 11.7. The Morgan fingerprint density at radius 1 is 1.50 bits per heavy atom. The van der Waals surface area contributed by atoms with Crippen molar-refractivity contribution in [1.82, 2.24) is 5.32 Å². The van der Waals surface area contributed by atoms with Gasteiger partial charge in [0.25, 0.3) is 0 Å². The van der Waals surface area contributed by atoms with Gasteiger partial charge < -0.3 is 20.5 Å². The van der Waals surface area contributed by atoms with Crippen LogP contribution in [0, 0.1) is 5.92 Å². The van der Waals surface area contributed by atoms with E-state index < -0.39 is 0 Å². The third-order valence-corrected chi connectivity index (χ3v) is 3.13. The predicted molar refractivity (Wildman–Crippen MR) is 79.2 cm³/mol. The van der Waals surface area contributed by atoms with E-state index in [1.54, 1.807) is 26.2 Å². The Hall–Kier alpha value is -1.46. The van der Waals surface area contributed by atoms with Crippen molar-refractivity contribution in [3.05, 3.63) is 22.7 Å². The van der Waals surface area contributed by atoms with Gasteiger partial charge in [-0.3, -0.25) is 4.79 Å². The molecular formula is C14H21ClN2O3. The SMILES string of the molecule is CCOc1c(Cl)cc(CNC(=O)C(C)CN)cc1OC. The summed E-state index contributed by atoms with van der Waals surface area (Å²) in [7, 11) is 1.55. The molecule has 0 fully saturated rings. The second kappa shape index (κ2) is 7.97. The first-order chi connectivity index (χ1) is 9.53. The van der Waals surface area contributed by atoms with Gasteiger partial charge in [-0.05, 0) is 24.6 Å². The summed E-state index contributed by atoms with van der Waals surface area (Å²) in [5, 5.41) is 3.27. The summed E-state index contributed by atoms with van der Waals surface area (Å²) < 4.78 is 10.7. The van der Waals surface area contributed by atoms with Crippen molar-refractivity contribution in [3.8, 4) is 11.5 Å². The molecule has 20 heavy (non-hydrogen) atoms. The molecule has 1 rings (SSSR count). The molecular weight excluding hydrogens is 280 g/mol. The van der Waals surface area contributed by atoms with Gasteiger partial charge in [0.1, 0.15) is 0 Å². The third-order valence-electron chi connectivity index (χ3n) is 2.85. The Morgan fingerprint density at radius 3 is 2.75 bits per heavy atom. The highest BCUT2D eigenvalue weighted by Crippen LogP contribution is 2.36. The molecule has 0 heterocycles. The highest BCUT2D eigenvalue weighted by Gasteiger charge is 2.14. The lowest BCUT2D eigenvalue weighted by atomic mass is 10.1. The van der Waals surface area contributed by atoms with Crippen LogP contribution in [0.2, 0.25) is 5.02 Å². The number of nitrogens with two attached hydrogens (primary N) is 1. The van der Waals surface area contributed by atoms with Gasteiger partial charge in [-0.1, -0.05) is 18.5 Å². The number of carbonyl (C=O) groups excluding carboxylic acids is 1. The van der Waals surface area contributed by atoms with Crippen molar-refractivity contribution in [1.29, 1.82) is 0 Å². The minimum absolute atomic E-state index is 0.0866. The van der Waals surface area contributed by atoms with E-state index in [-0.39, 0.29) is 11.8 Å². The number of amides is 1. The predicted octanol–water partition coefficient (Wildman–Crippen LogP) is 1.96. The Balaban J connectivity index is 2.82. The maximum atomic E-state index is 11.7. The van der Waals surface area contributed by atoms with Gasteiger partial charge in [-0.25, -0.2) is 0 Å². The number of rotatable bonds is 7. The highest BCUT2D eigenvalue weighted by atomic mass is 35.5. The second-order valence-corrected chi connectivity index (χ2v) is 4.80. The zero-order chi connectivity index (χ0) is 15.1. The van der Waals surface area contributed by atoms with E-state index in [0.717, 1.165) is 5.56 Å². The first-order valence-corrected chi connectivity index (χ1v) is 6.88. The molecule has 0 aromatic heterocycles. The van der Waals surface area contributed by atoms with Crippen LogP contribution >= 0.6 is 11.6 Å². The summed E-state index contributed by atoms with van der Waals surface area (Å²) in [6.07, 6.45) is 0. The van der Waals surface area contributed by atoms with Crippen LogP contribution in [0.25, 0.3) is 0 Å². The third kappa shape index (κ3) is 4.28. The Kier molecular flexibility index (Phi) is 6.61. The van der Waals surface area contributed by atoms with E-state index in [1.807, 2.05) is 6.92 Å². The van der Waals surface area contributed by atoms with Crippen LogP contribution in [0.15, 0.2) is 12.1 Å². The summed E-state index contributed by atoms with van der Waals surface area (Å²) in [6, 6.07) is 3.55. The van der Waals surface area contributed by atoms with Gasteiger partial charge >= 0.3 is 0 Å². The molecule has 6 heteroatoms. The maximum absolute atomic E-state index is 11.7. The second-order valence-electron chi connectivity index (χ2n) is 4.40. The Bertz CT molecular complexity index is 466. The number of benzene rings is 1. The standard InChI is InChI=1S/C14H21ClN2O3/c1-4-20-13-11(15)5-10(6-12(13)19-3)8-17-14(18)9(2)7-16/h5-6,9H,4,7-8,16H2,1-3H3,(H,17,18). The van der Waals surface area contributed by atoms with Gasteiger partial charge in [0.05, 0.1) is 18.7 Å². The molecule has 1 atom stereocenters. The molecule has 1 aromatic rings. The van der Waals surface area contributed by atoms with Crippen molar-refractivity contribution < 1.29 is 14.3 Å². The van der Waals surface area contributed by atoms with E-state index in [1.165, 1.54) is 0 Å². The molecule has 3 N–H and O–H groups in total. The van der Waals surface area contributed by atoms with Crippen LogP contribution in [0.1, 0.15) is 19.4 Å². The summed E-state index contributed by atoms with van der Waals surface area (Å²) >= 11 is 6.16.